The molecule has 1 amide bonds. The molecular formula is C23H15ClF3N3O2. The molecule has 1 heterocycles. The van der Waals surface area contributed by atoms with E-state index in [1.165, 1.54) is 12.1 Å². The van der Waals surface area contributed by atoms with E-state index in [0.29, 0.717) is 27.2 Å². The van der Waals surface area contributed by atoms with E-state index in [2.05, 4.69) is 10.3 Å². The summed E-state index contributed by atoms with van der Waals surface area (Å²) in [6.07, 6.45) is -4.54. The van der Waals surface area contributed by atoms with Gasteiger partial charge in [-0.15, -0.1) is 0 Å². The van der Waals surface area contributed by atoms with Gasteiger partial charge in [0.15, 0.2) is 0 Å². The van der Waals surface area contributed by atoms with Gasteiger partial charge < -0.3 is 5.32 Å². The molecule has 5 nitrogen and oxygen atoms in total. The lowest BCUT2D eigenvalue weighted by molar-refractivity contribution is -0.137. The van der Waals surface area contributed by atoms with E-state index in [4.69, 9.17) is 11.6 Å². The normalized spacial score (nSPS) is 11.5. The molecule has 1 N–H and O–H groups in total. The summed E-state index contributed by atoms with van der Waals surface area (Å²) in [5.74, 6) is -0.670. The Morgan fingerprint density at radius 2 is 1.75 bits per heavy atom. The molecule has 3 aromatic carbocycles. The van der Waals surface area contributed by atoms with Crippen molar-refractivity contribution in [3.05, 3.63) is 93.9 Å². The third kappa shape index (κ3) is 4.50. The van der Waals surface area contributed by atoms with Crippen LogP contribution in [0.4, 0.5) is 18.9 Å². The number of fused-ring (bicyclic) bond motifs is 1. The first-order valence-electron chi connectivity index (χ1n) is 9.45. The van der Waals surface area contributed by atoms with E-state index in [-0.39, 0.29) is 5.69 Å². The van der Waals surface area contributed by atoms with Crippen LogP contribution < -0.4 is 11.0 Å². The summed E-state index contributed by atoms with van der Waals surface area (Å²) in [6, 6.07) is 18.1. The van der Waals surface area contributed by atoms with Crippen molar-refractivity contribution < 1.29 is 18.0 Å². The number of aromatic nitrogens is 2. The average Bonchev–Trinajstić information content (AvgIpc) is 2.75. The molecule has 0 saturated carbocycles. The molecule has 4 aromatic rings. The maximum absolute atomic E-state index is 12.9. The van der Waals surface area contributed by atoms with Crippen LogP contribution in [0.25, 0.3) is 22.2 Å². The van der Waals surface area contributed by atoms with Crippen LogP contribution in [0.15, 0.2) is 77.6 Å². The fourth-order valence-corrected chi connectivity index (χ4v) is 3.51. The Labute approximate surface area is 185 Å². The fourth-order valence-electron chi connectivity index (χ4n) is 3.34. The van der Waals surface area contributed by atoms with E-state index in [1.807, 2.05) is 6.07 Å². The number of rotatable bonds is 4. The van der Waals surface area contributed by atoms with Crippen molar-refractivity contribution in [3.8, 4) is 11.3 Å². The van der Waals surface area contributed by atoms with Crippen LogP contribution in [0.1, 0.15) is 5.56 Å². The minimum absolute atomic E-state index is 0.0286. The SMILES string of the molecule is O=C(Cn1c(=O)nc(-c2ccccc2)c2cc(Cl)ccc21)Nc1cccc(C(F)(F)F)c1. The molecule has 0 saturated heterocycles. The van der Waals surface area contributed by atoms with Crippen molar-refractivity contribution in [2.75, 3.05) is 5.32 Å². The lowest BCUT2D eigenvalue weighted by atomic mass is 10.1. The van der Waals surface area contributed by atoms with Gasteiger partial charge in [-0.25, -0.2) is 4.79 Å². The molecule has 0 fully saturated rings. The molecule has 4 rings (SSSR count). The second kappa shape index (κ2) is 8.47. The number of benzene rings is 3. The van der Waals surface area contributed by atoms with Gasteiger partial charge in [0.05, 0.1) is 16.8 Å². The lowest BCUT2D eigenvalue weighted by Gasteiger charge is -2.14. The predicted molar refractivity (Wildman–Crippen MR) is 117 cm³/mol. The number of hydrogen-bond donors (Lipinski definition) is 1. The van der Waals surface area contributed by atoms with Gasteiger partial charge >= 0.3 is 11.9 Å². The van der Waals surface area contributed by atoms with Crippen molar-refractivity contribution in [2.45, 2.75) is 12.7 Å². The summed E-state index contributed by atoms with van der Waals surface area (Å²) in [7, 11) is 0. The fraction of sp³-hybridized carbons (Fsp3) is 0.0870. The van der Waals surface area contributed by atoms with E-state index in [9.17, 15) is 22.8 Å². The molecule has 1 aromatic heterocycles. The summed E-state index contributed by atoms with van der Waals surface area (Å²) in [4.78, 5) is 29.5. The molecule has 0 unspecified atom stereocenters. The zero-order valence-corrected chi connectivity index (χ0v) is 17.1. The maximum Gasteiger partial charge on any atom is 0.416 e. The number of nitrogens with one attached hydrogen (secondary N) is 1. The molecule has 0 bridgehead atoms. The zero-order chi connectivity index (χ0) is 22.9. The van der Waals surface area contributed by atoms with Crippen LogP contribution in [0.2, 0.25) is 5.02 Å². The molecule has 0 aliphatic heterocycles. The number of nitrogens with zero attached hydrogens (tertiary/aromatic N) is 2. The number of halogens is 4. The zero-order valence-electron chi connectivity index (χ0n) is 16.4. The van der Waals surface area contributed by atoms with Crippen molar-refractivity contribution in [3.63, 3.8) is 0 Å². The Bertz CT molecular complexity index is 1370. The third-order valence-electron chi connectivity index (χ3n) is 4.77. The molecule has 0 aliphatic rings. The number of hydrogen-bond acceptors (Lipinski definition) is 3. The number of carbonyl (C=O) groups excluding carboxylic acids is 1. The Hall–Kier alpha value is -3.65. The molecule has 0 spiro atoms. The molecule has 0 aliphatic carbocycles. The molecule has 0 atom stereocenters. The van der Waals surface area contributed by atoms with Crippen LogP contribution >= 0.6 is 11.6 Å². The molecule has 9 heteroatoms. The van der Waals surface area contributed by atoms with Gasteiger partial charge in [-0.3, -0.25) is 9.36 Å². The van der Waals surface area contributed by atoms with Gasteiger partial charge in [-0.05, 0) is 36.4 Å². The summed E-state index contributed by atoms with van der Waals surface area (Å²) in [5.41, 5.74) is -0.0362. The van der Waals surface area contributed by atoms with Crippen molar-refractivity contribution in [1.82, 2.24) is 9.55 Å². The maximum atomic E-state index is 12.9. The Kier molecular flexibility index (Phi) is 5.71. The number of anilines is 1. The van der Waals surface area contributed by atoms with Crippen LogP contribution in [0.3, 0.4) is 0 Å². The molecule has 162 valence electrons. The quantitative estimate of drug-likeness (QED) is 0.448. The summed E-state index contributed by atoms with van der Waals surface area (Å²) in [5, 5.41) is 3.39. The van der Waals surface area contributed by atoms with E-state index < -0.39 is 29.9 Å². The third-order valence-corrected chi connectivity index (χ3v) is 5.00. The number of carbonyl (C=O) groups is 1. The van der Waals surface area contributed by atoms with Crippen molar-refractivity contribution in [1.29, 1.82) is 0 Å². The predicted octanol–water partition coefficient (Wildman–Crippen LogP) is 5.37. The summed E-state index contributed by atoms with van der Waals surface area (Å²) < 4.78 is 39.9. The highest BCUT2D eigenvalue weighted by atomic mass is 35.5. The topological polar surface area (TPSA) is 64.0 Å². The van der Waals surface area contributed by atoms with E-state index >= 15 is 0 Å². The minimum atomic E-state index is -4.54. The van der Waals surface area contributed by atoms with Gasteiger partial charge in [0.25, 0.3) is 0 Å². The first-order chi connectivity index (χ1) is 15.2. The van der Waals surface area contributed by atoms with Gasteiger partial charge in [-0.2, -0.15) is 18.2 Å². The molecular weight excluding hydrogens is 443 g/mol. The van der Waals surface area contributed by atoms with E-state index in [0.717, 1.165) is 16.7 Å². The van der Waals surface area contributed by atoms with Crippen molar-refractivity contribution >= 4 is 34.1 Å². The average molecular weight is 458 g/mol. The summed E-state index contributed by atoms with van der Waals surface area (Å²) in [6.45, 7) is -0.435. The second-order valence-corrected chi connectivity index (χ2v) is 7.42. The monoisotopic (exact) mass is 457 g/mol. The Balaban J connectivity index is 1.71. The van der Waals surface area contributed by atoms with E-state index in [1.54, 1.807) is 42.5 Å². The van der Waals surface area contributed by atoms with Crippen LogP contribution in [0.5, 0.6) is 0 Å². The number of amides is 1. The van der Waals surface area contributed by atoms with Gasteiger partial charge in [0.2, 0.25) is 5.91 Å². The van der Waals surface area contributed by atoms with Gasteiger partial charge in [0.1, 0.15) is 6.54 Å². The Morgan fingerprint density at radius 1 is 1.00 bits per heavy atom. The number of alkyl halides is 3. The lowest BCUT2D eigenvalue weighted by Crippen LogP contribution is -2.30. The molecule has 0 radical (unpaired) electrons. The minimum Gasteiger partial charge on any atom is -0.325 e. The van der Waals surface area contributed by atoms with Gasteiger partial charge in [-0.1, -0.05) is 48.0 Å². The largest absolute Gasteiger partial charge is 0.416 e. The first-order valence-corrected chi connectivity index (χ1v) is 9.83. The van der Waals surface area contributed by atoms with Crippen LogP contribution in [-0.2, 0) is 17.5 Å². The van der Waals surface area contributed by atoms with Crippen LogP contribution in [0, 0.1) is 0 Å². The standard InChI is InChI=1S/C23H15ClF3N3O2/c24-16-9-10-19-18(12-16)21(14-5-2-1-3-6-14)29-22(32)30(19)13-20(31)28-17-8-4-7-15(11-17)23(25,26)27/h1-12H,13H2,(H,28,31). The Morgan fingerprint density at radius 3 is 2.47 bits per heavy atom. The highest BCUT2D eigenvalue weighted by Gasteiger charge is 2.30. The second-order valence-electron chi connectivity index (χ2n) is 6.98. The summed E-state index contributed by atoms with van der Waals surface area (Å²) >= 11 is 6.15. The highest BCUT2D eigenvalue weighted by molar-refractivity contribution is 6.31. The first kappa shape index (κ1) is 21.6. The highest BCUT2D eigenvalue weighted by Crippen LogP contribution is 2.31. The van der Waals surface area contributed by atoms with Gasteiger partial charge in [0, 0.05) is 21.7 Å². The molecule has 32 heavy (non-hydrogen) atoms. The smallest absolute Gasteiger partial charge is 0.325 e. The van der Waals surface area contributed by atoms with Crippen molar-refractivity contribution in [2.24, 2.45) is 0 Å². The van der Waals surface area contributed by atoms with Crippen LogP contribution in [-0.4, -0.2) is 15.5 Å².